The lowest BCUT2D eigenvalue weighted by molar-refractivity contribution is -0.110. The zero-order chi connectivity index (χ0) is 17.5. The van der Waals surface area contributed by atoms with Crippen molar-refractivity contribution < 1.29 is 13.2 Å². The Morgan fingerprint density at radius 2 is 1.71 bits per heavy atom. The summed E-state index contributed by atoms with van der Waals surface area (Å²) in [6, 6.07) is 14.9. The molecule has 1 fully saturated rings. The van der Waals surface area contributed by atoms with E-state index in [0.717, 1.165) is 5.56 Å². The Labute approximate surface area is 145 Å². The summed E-state index contributed by atoms with van der Waals surface area (Å²) >= 11 is 5.80. The van der Waals surface area contributed by atoms with Gasteiger partial charge in [-0.15, -0.1) is 0 Å². The fraction of sp³-hybridized carbons (Fsp3) is 0.222. The van der Waals surface area contributed by atoms with E-state index in [-0.39, 0.29) is 4.90 Å². The fourth-order valence-corrected chi connectivity index (χ4v) is 5.47. The molecular weight excluding hydrogens is 346 g/mol. The molecule has 0 aliphatic heterocycles. The zero-order valence-electron chi connectivity index (χ0n) is 12.8. The van der Waals surface area contributed by atoms with E-state index in [1.807, 2.05) is 25.1 Å². The van der Waals surface area contributed by atoms with Crippen molar-refractivity contribution in [1.82, 2.24) is 0 Å². The van der Waals surface area contributed by atoms with Gasteiger partial charge in [0.25, 0.3) is 0 Å². The lowest BCUT2D eigenvalue weighted by Gasteiger charge is -2.04. The number of carbonyl (C=O) groups excluding carboxylic acids is 1. The average Bonchev–Trinajstić information content (AvgIpc) is 3.26. The third-order valence-corrected chi connectivity index (χ3v) is 6.99. The van der Waals surface area contributed by atoms with Crippen LogP contribution in [0, 0.1) is 23.7 Å². The number of carbonyl (C=O) groups is 1. The molecule has 122 valence electrons. The SMILES string of the molecule is Cc1ccc([C@@H]2[C@@H](S(=O)(=O)c3ccc(Cl)cc3)[C@]2(C#N)C=O)cc1. The minimum atomic E-state index is -3.83. The second-order valence-corrected chi connectivity index (χ2v) is 8.48. The van der Waals surface area contributed by atoms with Crippen molar-refractivity contribution in [3.8, 4) is 6.07 Å². The van der Waals surface area contributed by atoms with Gasteiger partial charge in [-0.3, -0.25) is 0 Å². The first-order chi connectivity index (χ1) is 11.4. The molecule has 0 unspecified atom stereocenters. The van der Waals surface area contributed by atoms with Crippen LogP contribution in [0.1, 0.15) is 17.0 Å². The molecule has 0 spiro atoms. The molecule has 2 aromatic rings. The van der Waals surface area contributed by atoms with Gasteiger partial charge in [0.1, 0.15) is 17.0 Å². The molecule has 0 amide bonds. The monoisotopic (exact) mass is 359 g/mol. The highest BCUT2D eigenvalue weighted by Gasteiger charge is 2.72. The topological polar surface area (TPSA) is 75.0 Å². The van der Waals surface area contributed by atoms with E-state index in [1.54, 1.807) is 12.1 Å². The smallest absolute Gasteiger partial charge is 0.183 e. The summed E-state index contributed by atoms with van der Waals surface area (Å²) in [7, 11) is -3.83. The molecule has 0 radical (unpaired) electrons. The quantitative estimate of drug-likeness (QED) is 0.785. The van der Waals surface area contributed by atoms with Crippen molar-refractivity contribution in [2.24, 2.45) is 5.41 Å². The molecule has 0 saturated heterocycles. The molecule has 0 heterocycles. The van der Waals surface area contributed by atoms with E-state index in [9.17, 15) is 18.5 Å². The van der Waals surface area contributed by atoms with Gasteiger partial charge in [0.2, 0.25) is 0 Å². The van der Waals surface area contributed by atoms with E-state index in [0.29, 0.717) is 16.9 Å². The van der Waals surface area contributed by atoms with Crippen LogP contribution in [-0.4, -0.2) is 20.0 Å². The highest BCUT2D eigenvalue weighted by molar-refractivity contribution is 7.92. The second kappa shape index (κ2) is 5.73. The molecule has 6 heteroatoms. The summed E-state index contributed by atoms with van der Waals surface area (Å²) in [6.07, 6.45) is 0.468. The number of rotatable bonds is 4. The van der Waals surface area contributed by atoms with Crippen LogP contribution in [0.5, 0.6) is 0 Å². The third kappa shape index (κ3) is 2.43. The molecule has 1 aliphatic carbocycles. The normalized spacial score (nSPS) is 25.7. The number of benzene rings is 2. The van der Waals surface area contributed by atoms with Gasteiger partial charge in [0.05, 0.1) is 11.0 Å². The minimum Gasteiger partial charge on any atom is -0.302 e. The number of halogens is 1. The van der Waals surface area contributed by atoms with Crippen LogP contribution in [-0.2, 0) is 14.6 Å². The Morgan fingerprint density at radius 1 is 1.12 bits per heavy atom. The molecule has 1 saturated carbocycles. The van der Waals surface area contributed by atoms with E-state index < -0.39 is 26.4 Å². The predicted molar refractivity (Wildman–Crippen MR) is 90.5 cm³/mol. The first kappa shape index (κ1) is 16.7. The first-order valence-corrected chi connectivity index (χ1v) is 9.23. The molecule has 0 N–H and O–H groups in total. The van der Waals surface area contributed by atoms with E-state index >= 15 is 0 Å². The summed E-state index contributed by atoms with van der Waals surface area (Å²) in [5, 5.41) is 8.83. The Hall–Kier alpha value is -2.16. The van der Waals surface area contributed by atoms with Crippen molar-refractivity contribution in [1.29, 1.82) is 5.26 Å². The molecule has 4 nitrogen and oxygen atoms in total. The number of hydrogen-bond donors (Lipinski definition) is 0. The van der Waals surface area contributed by atoms with Gasteiger partial charge in [-0.1, -0.05) is 41.4 Å². The Balaban J connectivity index is 2.08. The number of nitriles is 1. The van der Waals surface area contributed by atoms with E-state index in [2.05, 4.69) is 0 Å². The molecule has 1 aliphatic rings. The summed E-state index contributed by atoms with van der Waals surface area (Å²) in [5.74, 6) is -0.665. The van der Waals surface area contributed by atoms with Gasteiger partial charge in [0.15, 0.2) is 9.84 Å². The lowest BCUT2D eigenvalue weighted by atomic mass is 10.0. The molecule has 2 aromatic carbocycles. The van der Waals surface area contributed by atoms with Crippen LogP contribution in [0.15, 0.2) is 53.4 Å². The lowest BCUT2D eigenvalue weighted by Crippen LogP contribution is -2.16. The standard InChI is InChI=1S/C18H14ClNO3S/c1-12-2-4-13(5-3-12)16-17(18(16,10-20)11-21)24(22,23)15-8-6-14(19)7-9-15/h2-9,11,16-17H,1H3/t16-,17-,18-/m1/s1. The largest absolute Gasteiger partial charge is 0.302 e. The number of aldehydes is 1. The Bertz CT molecular complexity index is 930. The van der Waals surface area contributed by atoms with Gasteiger partial charge >= 0.3 is 0 Å². The van der Waals surface area contributed by atoms with Crippen LogP contribution >= 0.6 is 11.6 Å². The number of hydrogen-bond acceptors (Lipinski definition) is 4. The molecule has 0 aromatic heterocycles. The minimum absolute atomic E-state index is 0.0630. The molecule has 3 atom stereocenters. The van der Waals surface area contributed by atoms with Gasteiger partial charge in [-0.25, -0.2) is 8.42 Å². The van der Waals surface area contributed by atoms with Crippen LogP contribution < -0.4 is 0 Å². The van der Waals surface area contributed by atoms with Crippen molar-refractivity contribution >= 4 is 27.7 Å². The summed E-state index contributed by atoms with van der Waals surface area (Å²) in [6.45, 7) is 1.91. The maximum Gasteiger partial charge on any atom is 0.183 e. The second-order valence-electron chi connectivity index (χ2n) is 5.97. The maximum atomic E-state index is 12.9. The predicted octanol–water partition coefficient (Wildman–Crippen LogP) is 3.30. The number of nitrogens with zero attached hydrogens (tertiary/aromatic N) is 1. The van der Waals surface area contributed by atoms with Gasteiger partial charge in [-0.2, -0.15) is 5.26 Å². The van der Waals surface area contributed by atoms with Crippen molar-refractivity contribution in [2.75, 3.05) is 0 Å². The van der Waals surface area contributed by atoms with Gasteiger partial charge in [0, 0.05) is 10.9 Å². The van der Waals surface area contributed by atoms with E-state index in [1.165, 1.54) is 24.3 Å². The highest BCUT2D eigenvalue weighted by atomic mass is 35.5. The average molecular weight is 360 g/mol. The molecular formula is C18H14ClNO3S. The molecule has 0 bridgehead atoms. The van der Waals surface area contributed by atoms with Crippen LogP contribution in [0.2, 0.25) is 5.02 Å². The van der Waals surface area contributed by atoms with Crippen molar-refractivity contribution in [3.63, 3.8) is 0 Å². The highest BCUT2D eigenvalue weighted by Crippen LogP contribution is 2.62. The molecule has 3 rings (SSSR count). The van der Waals surface area contributed by atoms with Gasteiger partial charge < -0.3 is 4.79 Å². The number of aryl methyl sites for hydroxylation is 1. The van der Waals surface area contributed by atoms with Crippen LogP contribution in [0.3, 0.4) is 0 Å². The summed E-state index contributed by atoms with van der Waals surface area (Å²) in [4.78, 5) is 11.7. The summed E-state index contributed by atoms with van der Waals surface area (Å²) < 4.78 is 25.9. The Kier molecular flexibility index (Phi) is 3.98. The summed E-state index contributed by atoms with van der Waals surface area (Å²) in [5.41, 5.74) is 0.148. The van der Waals surface area contributed by atoms with Crippen LogP contribution in [0.4, 0.5) is 0 Å². The first-order valence-electron chi connectivity index (χ1n) is 7.30. The number of sulfone groups is 1. The zero-order valence-corrected chi connectivity index (χ0v) is 14.4. The fourth-order valence-electron chi connectivity index (χ4n) is 3.11. The van der Waals surface area contributed by atoms with Crippen molar-refractivity contribution in [3.05, 3.63) is 64.7 Å². The third-order valence-electron chi connectivity index (χ3n) is 4.48. The van der Waals surface area contributed by atoms with Gasteiger partial charge in [-0.05, 0) is 36.8 Å². The van der Waals surface area contributed by atoms with Crippen molar-refractivity contribution in [2.45, 2.75) is 23.0 Å². The van der Waals surface area contributed by atoms with E-state index in [4.69, 9.17) is 11.6 Å². The van der Waals surface area contributed by atoms with Crippen LogP contribution in [0.25, 0.3) is 0 Å². The molecule has 24 heavy (non-hydrogen) atoms. The Morgan fingerprint density at radius 3 is 2.21 bits per heavy atom. The maximum absolute atomic E-state index is 12.9.